The predicted molar refractivity (Wildman–Crippen MR) is 24.5 cm³/mol. The van der Waals surface area contributed by atoms with Crippen LogP contribution in [0.25, 0.3) is 0 Å². The third-order valence-corrected chi connectivity index (χ3v) is 0.408. The first kappa shape index (κ1) is 4.45. The van der Waals surface area contributed by atoms with Gasteiger partial charge in [-0.2, -0.15) is 0 Å². The highest BCUT2D eigenvalue weighted by Crippen LogP contribution is 1.66. The maximum Gasteiger partial charge on any atom is 0.206 e. The summed E-state index contributed by atoms with van der Waals surface area (Å²) < 4.78 is 0. The molecule has 1 nitrogen and oxygen atoms in total. The van der Waals surface area contributed by atoms with Crippen LogP contribution < -0.4 is 5.64 Å². The van der Waals surface area contributed by atoms with Gasteiger partial charge < -0.3 is 5.64 Å². The zero-order valence-electron chi connectivity index (χ0n) is 2.44. The quantitative estimate of drug-likeness (QED) is 0.326. The van der Waals surface area contributed by atoms with Crippen molar-refractivity contribution in [1.29, 1.82) is 0 Å². The van der Waals surface area contributed by atoms with Crippen molar-refractivity contribution in [3.8, 4) is 0 Å². The van der Waals surface area contributed by atoms with E-state index in [1.165, 1.54) is 0 Å². The van der Waals surface area contributed by atoms with Crippen LogP contribution in [0.1, 0.15) is 0 Å². The number of rotatable bonds is 1. The van der Waals surface area contributed by atoms with Gasteiger partial charge in [0, 0.05) is 0 Å². The maximum absolute atomic E-state index is 4.88. The highest BCUT2D eigenvalue weighted by atomic mass is 31.0. The van der Waals surface area contributed by atoms with E-state index in [2.05, 4.69) is 9.24 Å². The first-order valence-corrected chi connectivity index (χ1v) is 1.97. The van der Waals surface area contributed by atoms with Crippen molar-refractivity contribution in [2.75, 3.05) is 6.06 Å². The minimum atomic E-state index is 0.889. The van der Waals surface area contributed by atoms with E-state index >= 15 is 0 Å². The molecule has 0 aliphatic heterocycles. The van der Waals surface area contributed by atoms with Gasteiger partial charge >= 0.3 is 0 Å². The van der Waals surface area contributed by atoms with Crippen LogP contribution in [0.4, 0.5) is 0 Å². The molecule has 0 amide bonds. The van der Waals surface area contributed by atoms with Crippen LogP contribution in [0.3, 0.4) is 0 Å². The van der Waals surface area contributed by atoms with E-state index in [4.69, 9.17) is 5.64 Å². The standard InChI is InChI=1S/CH6BNP/c3-2-1-4/h1,3-4H2. The van der Waals surface area contributed by atoms with Crippen LogP contribution in [-0.4, -0.2) is 13.5 Å². The van der Waals surface area contributed by atoms with Gasteiger partial charge in [0.05, 0.1) is 0 Å². The Labute approximate surface area is 29.4 Å². The maximum atomic E-state index is 4.88. The van der Waals surface area contributed by atoms with Gasteiger partial charge in [-0.1, -0.05) is 0 Å². The summed E-state index contributed by atoms with van der Waals surface area (Å²) in [4.78, 5) is 0. The van der Waals surface area contributed by atoms with Crippen LogP contribution in [-0.2, 0) is 0 Å². The molecule has 1 atom stereocenters. The smallest absolute Gasteiger partial charge is 0.206 e. The molecule has 1 unspecified atom stereocenters. The van der Waals surface area contributed by atoms with Gasteiger partial charge in [-0.3, -0.25) is 0 Å². The minimum Gasteiger partial charge on any atom is -0.374 e. The van der Waals surface area contributed by atoms with E-state index in [0.29, 0.717) is 0 Å². The van der Waals surface area contributed by atoms with E-state index in [1.54, 1.807) is 7.41 Å². The van der Waals surface area contributed by atoms with Crippen LogP contribution in [0.5, 0.6) is 0 Å². The molecule has 0 fully saturated rings. The molecule has 0 aromatic heterocycles. The third-order valence-electron chi connectivity index (χ3n) is 0.136. The van der Waals surface area contributed by atoms with Gasteiger partial charge in [0.1, 0.15) is 0 Å². The molecule has 0 aliphatic rings. The largest absolute Gasteiger partial charge is 0.374 e. The number of nitrogens with two attached hydrogens (primary N) is 1. The van der Waals surface area contributed by atoms with Crippen molar-refractivity contribution in [2.24, 2.45) is 5.64 Å². The molecule has 0 saturated carbocycles. The zero-order valence-corrected chi connectivity index (χ0v) is 3.59. The molecule has 1 radical (unpaired) electrons. The van der Waals surface area contributed by atoms with Gasteiger partial charge in [0.25, 0.3) is 0 Å². The van der Waals surface area contributed by atoms with Crippen LogP contribution in [0.2, 0.25) is 0 Å². The molecule has 0 spiro atoms. The van der Waals surface area contributed by atoms with E-state index < -0.39 is 0 Å². The van der Waals surface area contributed by atoms with E-state index in [9.17, 15) is 0 Å². The first-order chi connectivity index (χ1) is 1.91. The van der Waals surface area contributed by atoms with Crippen LogP contribution in [0, 0.1) is 0 Å². The lowest BCUT2D eigenvalue weighted by Crippen LogP contribution is -2.04. The summed E-state index contributed by atoms with van der Waals surface area (Å²) in [5.41, 5.74) is 4.88. The highest BCUT2D eigenvalue weighted by molar-refractivity contribution is 7.20. The Kier molecular flexibility index (Phi) is 3.85. The second-order valence-electron chi connectivity index (χ2n) is 0.471. The van der Waals surface area contributed by atoms with E-state index in [-0.39, 0.29) is 0 Å². The van der Waals surface area contributed by atoms with E-state index in [1.807, 2.05) is 0 Å². The van der Waals surface area contributed by atoms with Crippen molar-refractivity contribution >= 4 is 16.7 Å². The zero-order chi connectivity index (χ0) is 3.41. The molecule has 2 N–H and O–H groups in total. The number of hydrogen-bond acceptors (Lipinski definition) is 1. The monoisotopic (exact) mass is 74.0 g/mol. The van der Waals surface area contributed by atoms with Gasteiger partial charge in [0.2, 0.25) is 7.41 Å². The second-order valence-corrected chi connectivity index (χ2v) is 0.943. The minimum absolute atomic E-state index is 0.889. The normalized spacial score (nSPS) is 6.50. The Morgan fingerprint density at radius 3 is 2.25 bits per heavy atom. The fourth-order valence-electron chi connectivity index (χ4n) is 0. The molecule has 0 aromatic rings. The highest BCUT2D eigenvalue weighted by Gasteiger charge is 1.62. The Hall–Kier alpha value is 0.455. The van der Waals surface area contributed by atoms with Crippen LogP contribution in [0.15, 0.2) is 0 Å². The van der Waals surface area contributed by atoms with Crippen molar-refractivity contribution in [3.05, 3.63) is 0 Å². The summed E-state index contributed by atoms with van der Waals surface area (Å²) in [7, 11) is 4.06. The Bertz CT molecular complexity index is 10.0. The second kappa shape index (κ2) is 3.45. The van der Waals surface area contributed by atoms with Gasteiger partial charge in [-0.05, 0) is 6.06 Å². The lowest BCUT2D eigenvalue weighted by Gasteiger charge is -1.65. The Morgan fingerprint density at radius 2 is 2.25 bits per heavy atom. The molecule has 0 rings (SSSR count). The molecule has 0 heterocycles. The topological polar surface area (TPSA) is 26.0 Å². The molecule has 4 heavy (non-hydrogen) atoms. The average molecular weight is 73.9 g/mol. The van der Waals surface area contributed by atoms with E-state index in [0.717, 1.165) is 6.06 Å². The average Bonchev–Trinajstić information content (AvgIpc) is 1.37. The van der Waals surface area contributed by atoms with Crippen molar-refractivity contribution in [3.63, 3.8) is 0 Å². The molecule has 0 saturated heterocycles. The number of hydrogen-bond donors (Lipinski definition) is 1. The molecule has 3 heteroatoms. The molecule has 23 valence electrons. The summed E-state index contributed by atoms with van der Waals surface area (Å²) in [6, 6.07) is 0.889. The van der Waals surface area contributed by atoms with Gasteiger partial charge in [-0.25, -0.2) is 0 Å². The third kappa shape index (κ3) is 2.45. The van der Waals surface area contributed by atoms with Crippen LogP contribution >= 0.6 is 9.24 Å². The van der Waals surface area contributed by atoms with Crippen molar-refractivity contribution < 1.29 is 0 Å². The summed E-state index contributed by atoms with van der Waals surface area (Å²) in [6.45, 7) is 0. The first-order valence-electron chi connectivity index (χ1n) is 1.15. The lowest BCUT2D eigenvalue weighted by molar-refractivity contribution is 1.86. The lowest BCUT2D eigenvalue weighted by atomic mass is 10.0. The van der Waals surface area contributed by atoms with Crippen molar-refractivity contribution in [1.82, 2.24) is 0 Å². The molecular formula is CH6BNP. The fourth-order valence-corrected chi connectivity index (χ4v) is 0. The predicted octanol–water partition coefficient (Wildman–Crippen LogP) is -0.603. The Balaban J connectivity index is 1.97. The SMILES string of the molecule is N[B]CP. The van der Waals surface area contributed by atoms with Gasteiger partial charge in [-0.15, -0.1) is 9.24 Å². The van der Waals surface area contributed by atoms with Crippen molar-refractivity contribution in [2.45, 2.75) is 0 Å². The molecule has 0 bridgehead atoms. The summed E-state index contributed by atoms with van der Waals surface area (Å²) >= 11 is 0. The van der Waals surface area contributed by atoms with Gasteiger partial charge in [0.15, 0.2) is 0 Å². The summed E-state index contributed by atoms with van der Waals surface area (Å²) in [5, 5.41) is 0. The summed E-state index contributed by atoms with van der Waals surface area (Å²) in [5.74, 6) is 0. The molecular weight excluding hydrogens is 67.8 g/mol. The molecule has 0 aliphatic carbocycles. The fraction of sp³-hybridized carbons (Fsp3) is 1.00. The summed E-state index contributed by atoms with van der Waals surface area (Å²) in [6.07, 6.45) is 0. The molecule has 0 aromatic carbocycles. The Morgan fingerprint density at radius 1 is 2.00 bits per heavy atom.